The minimum Gasteiger partial charge on any atom is -0.344 e. The molecule has 0 spiro atoms. The fourth-order valence-electron chi connectivity index (χ4n) is 3.71. The fourth-order valence-corrected chi connectivity index (χ4v) is 3.71. The molecule has 0 aliphatic carbocycles. The highest BCUT2D eigenvalue weighted by Crippen LogP contribution is 2.28. The van der Waals surface area contributed by atoms with Crippen LogP contribution in [0.4, 0.5) is 0 Å². The lowest BCUT2D eigenvalue weighted by molar-refractivity contribution is -0.137. The Balaban J connectivity index is 0.00000225. The van der Waals surface area contributed by atoms with Gasteiger partial charge < -0.3 is 15.5 Å². The van der Waals surface area contributed by atoms with Gasteiger partial charge in [0.2, 0.25) is 11.8 Å². The molecule has 1 aromatic rings. The Kier molecular flexibility index (Phi) is 6.84. The number of carbonyl (C=O) groups is 2. The summed E-state index contributed by atoms with van der Waals surface area (Å²) in [4.78, 5) is 27.0. The van der Waals surface area contributed by atoms with Crippen LogP contribution in [0.5, 0.6) is 0 Å². The van der Waals surface area contributed by atoms with Gasteiger partial charge in [-0.3, -0.25) is 14.3 Å². The van der Waals surface area contributed by atoms with Gasteiger partial charge in [-0.15, -0.1) is 12.4 Å². The van der Waals surface area contributed by atoms with Gasteiger partial charge in [0.15, 0.2) is 0 Å². The summed E-state index contributed by atoms with van der Waals surface area (Å²) in [5.41, 5.74) is 1.07. The molecule has 2 amide bonds. The second kappa shape index (κ2) is 8.67. The van der Waals surface area contributed by atoms with Crippen molar-refractivity contribution < 1.29 is 9.59 Å². The monoisotopic (exact) mass is 369 g/mol. The number of rotatable bonds is 4. The Morgan fingerprint density at radius 3 is 2.64 bits per heavy atom. The number of piperidine rings is 1. The zero-order valence-corrected chi connectivity index (χ0v) is 15.7. The van der Waals surface area contributed by atoms with Gasteiger partial charge in [-0.25, -0.2) is 0 Å². The molecule has 0 aromatic carbocycles. The summed E-state index contributed by atoms with van der Waals surface area (Å²) < 4.78 is 1.76. The van der Waals surface area contributed by atoms with Crippen molar-refractivity contribution in [2.45, 2.75) is 38.1 Å². The standard InChI is InChI=1S/C17H27N5O2.ClH/c1-12(17(24)22-6-4-3-5-7-22)20-16(23)15-10-18-9-14(15)13-8-19-21(2)11-13;/h8,11-12,14-15,18H,3-7,9-10H2,1-2H3,(H,20,23);1H/t12?,14-,15+;/m1./s1. The van der Waals surface area contributed by atoms with Crippen LogP contribution in [0.3, 0.4) is 0 Å². The zero-order chi connectivity index (χ0) is 17.1. The normalized spacial score (nSPS) is 24.5. The molecule has 1 unspecified atom stereocenters. The molecule has 8 heteroatoms. The van der Waals surface area contributed by atoms with Crippen molar-refractivity contribution in [2.75, 3.05) is 26.2 Å². The van der Waals surface area contributed by atoms with E-state index in [1.54, 1.807) is 11.6 Å². The maximum atomic E-state index is 12.7. The minimum atomic E-state index is -0.467. The van der Waals surface area contributed by atoms with E-state index in [1.807, 2.05) is 24.3 Å². The molecule has 3 rings (SSSR count). The van der Waals surface area contributed by atoms with E-state index in [-0.39, 0.29) is 36.1 Å². The number of hydrogen-bond donors (Lipinski definition) is 2. The lowest BCUT2D eigenvalue weighted by Gasteiger charge is -2.30. The van der Waals surface area contributed by atoms with Crippen molar-refractivity contribution >= 4 is 24.2 Å². The summed E-state index contributed by atoms with van der Waals surface area (Å²) >= 11 is 0. The molecule has 2 N–H and O–H groups in total. The number of amides is 2. The first-order chi connectivity index (χ1) is 11.6. The number of nitrogens with zero attached hydrogens (tertiary/aromatic N) is 3. The number of halogens is 1. The molecule has 2 fully saturated rings. The van der Waals surface area contributed by atoms with Gasteiger partial charge >= 0.3 is 0 Å². The summed E-state index contributed by atoms with van der Waals surface area (Å²) in [6, 6.07) is -0.467. The largest absolute Gasteiger partial charge is 0.344 e. The van der Waals surface area contributed by atoms with Crippen molar-refractivity contribution in [3.63, 3.8) is 0 Å². The van der Waals surface area contributed by atoms with E-state index >= 15 is 0 Å². The summed E-state index contributed by atoms with van der Waals surface area (Å²) in [7, 11) is 1.88. The van der Waals surface area contributed by atoms with E-state index < -0.39 is 6.04 Å². The van der Waals surface area contributed by atoms with Gasteiger partial charge in [-0.05, 0) is 31.7 Å². The maximum Gasteiger partial charge on any atom is 0.244 e. The quantitative estimate of drug-likeness (QED) is 0.817. The summed E-state index contributed by atoms with van der Waals surface area (Å²) in [5.74, 6) is -0.0690. The molecule has 3 atom stereocenters. The predicted octanol–water partition coefficient (Wildman–Crippen LogP) is 0.662. The number of aromatic nitrogens is 2. The first-order valence-corrected chi connectivity index (χ1v) is 8.84. The van der Waals surface area contributed by atoms with Gasteiger partial charge in [-0.2, -0.15) is 5.10 Å². The lowest BCUT2D eigenvalue weighted by atomic mass is 9.90. The number of hydrogen-bond acceptors (Lipinski definition) is 4. The SMILES string of the molecule is CC(NC(=O)[C@H]1CNC[C@@H]1c1cnn(C)c1)C(=O)N1CCCCC1.Cl. The number of nitrogens with one attached hydrogen (secondary N) is 2. The molecular weight excluding hydrogens is 342 g/mol. The molecule has 0 bridgehead atoms. The molecule has 0 saturated carbocycles. The third kappa shape index (κ3) is 4.52. The van der Waals surface area contributed by atoms with Gasteiger partial charge in [0, 0.05) is 45.3 Å². The number of aryl methyl sites for hydroxylation is 1. The van der Waals surface area contributed by atoms with Crippen LogP contribution in [0.15, 0.2) is 12.4 Å². The first kappa shape index (κ1) is 19.7. The average Bonchev–Trinajstić information content (AvgIpc) is 3.23. The Bertz CT molecular complexity index is 600. The maximum absolute atomic E-state index is 12.7. The van der Waals surface area contributed by atoms with Gasteiger partial charge in [0.05, 0.1) is 12.1 Å². The topological polar surface area (TPSA) is 79.3 Å². The van der Waals surface area contributed by atoms with Crippen LogP contribution in [-0.4, -0.2) is 58.7 Å². The number of carbonyl (C=O) groups excluding carboxylic acids is 2. The summed E-state index contributed by atoms with van der Waals surface area (Å²) in [5, 5.41) is 10.4. The molecule has 2 aliphatic heterocycles. The summed E-state index contributed by atoms with van der Waals surface area (Å²) in [6.45, 7) is 4.80. The molecule has 3 heterocycles. The van der Waals surface area contributed by atoms with E-state index in [1.165, 1.54) is 6.42 Å². The average molecular weight is 370 g/mol. The van der Waals surface area contributed by atoms with Crippen molar-refractivity contribution in [3.05, 3.63) is 18.0 Å². The second-order valence-corrected chi connectivity index (χ2v) is 6.93. The Labute approximate surface area is 154 Å². The molecule has 1 aromatic heterocycles. The molecule has 25 heavy (non-hydrogen) atoms. The zero-order valence-electron chi connectivity index (χ0n) is 14.9. The Hall–Kier alpha value is -1.60. The van der Waals surface area contributed by atoms with Crippen LogP contribution in [0.2, 0.25) is 0 Å². The van der Waals surface area contributed by atoms with Crippen molar-refractivity contribution in [1.82, 2.24) is 25.3 Å². The van der Waals surface area contributed by atoms with Crippen LogP contribution in [0, 0.1) is 5.92 Å². The van der Waals surface area contributed by atoms with E-state index in [0.717, 1.165) is 38.0 Å². The van der Waals surface area contributed by atoms with Gasteiger partial charge in [-0.1, -0.05) is 0 Å². The highest BCUT2D eigenvalue weighted by molar-refractivity contribution is 5.89. The minimum absolute atomic E-state index is 0. The van der Waals surface area contributed by atoms with Crippen molar-refractivity contribution in [2.24, 2.45) is 13.0 Å². The van der Waals surface area contributed by atoms with E-state index in [4.69, 9.17) is 0 Å². The summed E-state index contributed by atoms with van der Waals surface area (Å²) in [6.07, 6.45) is 7.08. The van der Waals surface area contributed by atoms with Crippen LogP contribution in [0.25, 0.3) is 0 Å². The molecular formula is C17H28ClN5O2. The Morgan fingerprint density at radius 2 is 2.00 bits per heavy atom. The lowest BCUT2D eigenvalue weighted by Crippen LogP contribution is -2.50. The predicted molar refractivity (Wildman–Crippen MR) is 97.6 cm³/mol. The molecule has 2 saturated heterocycles. The molecule has 2 aliphatic rings. The highest BCUT2D eigenvalue weighted by Gasteiger charge is 2.36. The van der Waals surface area contributed by atoms with Crippen LogP contribution in [0.1, 0.15) is 37.7 Å². The smallest absolute Gasteiger partial charge is 0.244 e. The van der Waals surface area contributed by atoms with Crippen LogP contribution < -0.4 is 10.6 Å². The number of likely N-dealkylation sites (tertiary alicyclic amines) is 1. The highest BCUT2D eigenvalue weighted by atomic mass is 35.5. The first-order valence-electron chi connectivity index (χ1n) is 8.84. The second-order valence-electron chi connectivity index (χ2n) is 6.93. The van der Waals surface area contributed by atoms with Crippen molar-refractivity contribution in [1.29, 1.82) is 0 Å². The Morgan fingerprint density at radius 1 is 1.28 bits per heavy atom. The molecule has 0 radical (unpaired) electrons. The molecule has 7 nitrogen and oxygen atoms in total. The van der Waals surface area contributed by atoms with Gasteiger partial charge in [0.25, 0.3) is 0 Å². The molecule has 140 valence electrons. The van der Waals surface area contributed by atoms with Crippen LogP contribution >= 0.6 is 12.4 Å². The van der Waals surface area contributed by atoms with E-state index in [0.29, 0.717) is 6.54 Å². The van der Waals surface area contributed by atoms with E-state index in [9.17, 15) is 9.59 Å². The van der Waals surface area contributed by atoms with E-state index in [2.05, 4.69) is 15.7 Å². The van der Waals surface area contributed by atoms with Gasteiger partial charge in [0.1, 0.15) is 6.04 Å². The fraction of sp³-hybridized carbons (Fsp3) is 0.706. The third-order valence-electron chi connectivity index (χ3n) is 5.10. The third-order valence-corrected chi connectivity index (χ3v) is 5.10. The van der Waals surface area contributed by atoms with Crippen LogP contribution in [-0.2, 0) is 16.6 Å². The van der Waals surface area contributed by atoms with Crippen molar-refractivity contribution in [3.8, 4) is 0 Å².